The number of aryl methyl sites for hydroxylation is 2. The largest absolute Gasteiger partial charge is 0.492 e. The summed E-state index contributed by atoms with van der Waals surface area (Å²) in [7, 11) is 0. The van der Waals surface area contributed by atoms with E-state index in [1.807, 2.05) is 26.0 Å². The van der Waals surface area contributed by atoms with Gasteiger partial charge >= 0.3 is 0 Å². The average molecular weight is 299 g/mol. The first-order valence-corrected chi connectivity index (χ1v) is 7.51. The Morgan fingerprint density at radius 1 is 1.25 bits per heavy atom. The van der Waals surface area contributed by atoms with E-state index in [4.69, 9.17) is 4.74 Å². The second kappa shape index (κ2) is 8.48. The maximum absolute atomic E-state index is 6.00. The van der Waals surface area contributed by atoms with Crippen LogP contribution in [0.1, 0.15) is 44.0 Å². The molecule has 114 valence electrons. The molecule has 1 atom stereocenters. The van der Waals surface area contributed by atoms with Crippen LogP contribution in [0, 0.1) is 13.8 Å². The highest BCUT2D eigenvalue weighted by atomic mass is 35.5. The van der Waals surface area contributed by atoms with Gasteiger partial charge in [-0.3, -0.25) is 9.88 Å². The minimum atomic E-state index is 0. The summed E-state index contributed by atoms with van der Waals surface area (Å²) in [6.45, 7) is 9.53. The van der Waals surface area contributed by atoms with Crippen molar-refractivity contribution >= 4 is 12.4 Å². The molecular formula is C16H27ClN2O. The number of hydrogen-bond donors (Lipinski definition) is 0. The molecule has 2 heterocycles. The van der Waals surface area contributed by atoms with Gasteiger partial charge in [0.1, 0.15) is 12.4 Å². The quantitative estimate of drug-likeness (QED) is 0.827. The van der Waals surface area contributed by atoms with Crippen molar-refractivity contribution in [1.82, 2.24) is 9.88 Å². The SMILES string of the molecule is CCCN1CCCCC1COc1cc(C)nc(C)c1.Cl. The molecule has 0 radical (unpaired) electrons. The standard InChI is InChI=1S/C16H26N2O.ClH/c1-4-8-18-9-6-5-7-15(18)12-19-16-10-13(2)17-14(3)11-16;/h10-11,15H,4-9,12H2,1-3H3;1H. The van der Waals surface area contributed by atoms with E-state index >= 15 is 0 Å². The fourth-order valence-electron chi connectivity index (χ4n) is 2.90. The lowest BCUT2D eigenvalue weighted by molar-refractivity contribution is 0.0998. The molecule has 1 aliphatic heterocycles. The van der Waals surface area contributed by atoms with Gasteiger partial charge in [0.05, 0.1) is 0 Å². The second-order valence-corrected chi connectivity index (χ2v) is 5.58. The molecule has 0 aromatic carbocycles. The van der Waals surface area contributed by atoms with E-state index in [0.29, 0.717) is 6.04 Å². The number of piperidine rings is 1. The van der Waals surface area contributed by atoms with Crippen molar-refractivity contribution in [3.63, 3.8) is 0 Å². The lowest BCUT2D eigenvalue weighted by Gasteiger charge is -2.35. The van der Waals surface area contributed by atoms with Gasteiger partial charge in [0, 0.05) is 29.6 Å². The molecule has 0 saturated carbocycles. The second-order valence-electron chi connectivity index (χ2n) is 5.58. The van der Waals surface area contributed by atoms with Crippen molar-refractivity contribution in [3.05, 3.63) is 23.5 Å². The van der Waals surface area contributed by atoms with Gasteiger partial charge in [0.2, 0.25) is 0 Å². The minimum absolute atomic E-state index is 0. The number of hydrogen-bond acceptors (Lipinski definition) is 3. The van der Waals surface area contributed by atoms with Crippen LogP contribution in [-0.4, -0.2) is 35.6 Å². The maximum atomic E-state index is 6.00. The Morgan fingerprint density at radius 3 is 2.60 bits per heavy atom. The molecule has 1 fully saturated rings. The molecule has 0 aliphatic carbocycles. The Kier molecular flexibility index (Phi) is 7.31. The Hall–Kier alpha value is -0.800. The number of halogens is 1. The van der Waals surface area contributed by atoms with E-state index < -0.39 is 0 Å². The first-order chi connectivity index (χ1) is 9.19. The number of nitrogens with zero attached hydrogens (tertiary/aromatic N) is 2. The fraction of sp³-hybridized carbons (Fsp3) is 0.688. The molecule has 2 rings (SSSR count). The zero-order chi connectivity index (χ0) is 13.7. The number of ether oxygens (including phenoxy) is 1. The van der Waals surface area contributed by atoms with Crippen LogP contribution in [0.25, 0.3) is 0 Å². The Labute approximate surface area is 129 Å². The highest BCUT2D eigenvalue weighted by molar-refractivity contribution is 5.85. The molecule has 0 N–H and O–H groups in total. The zero-order valence-corrected chi connectivity index (χ0v) is 13.7. The van der Waals surface area contributed by atoms with Crippen LogP contribution in [0.3, 0.4) is 0 Å². The lowest BCUT2D eigenvalue weighted by Crippen LogP contribution is -2.43. The molecule has 0 spiro atoms. The van der Waals surface area contributed by atoms with E-state index in [-0.39, 0.29) is 12.4 Å². The first-order valence-electron chi connectivity index (χ1n) is 7.51. The molecule has 20 heavy (non-hydrogen) atoms. The summed E-state index contributed by atoms with van der Waals surface area (Å²) in [5.74, 6) is 0.965. The van der Waals surface area contributed by atoms with Gasteiger partial charge in [-0.1, -0.05) is 13.3 Å². The monoisotopic (exact) mass is 298 g/mol. The molecule has 1 saturated heterocycles. The zero-order valence-electron chi connectivity index (χ0n) is 12.9. The predicted molar refractivity (Wildman–Crippen MR) is 86.0 cm³/mol. The Balaban J connectivity index is 0.00000200. The van der Waals surface area contributed by atoms with Crippen molar-refractivity contribution in [2.75, 3.05) is 19.7 Å². The maximum Gasteiger partial charge on any atom is 0.122 e. The van der Waals surface area contributed by atoms with Gasteiger partial charge in [-0.25, -0.2) is 0 Å². The number of pyridine rings is 1. The van der Waals surface area contributed by atoms with Crippen molar-refractivity contribution in [2.45, 2.75) is 52.5 Å². The molecule has 0 amide bonds. The molecule has 0 bridgehead atoms. The van der Waals surface area contributed by atoms with E-state index in [9.17, 15) is 0 Å². The Bertz CT molecular complexity index is 389. The van der Waals surface area contributed by atoms with Crippen LogP contribution in [0.5, 0.6) is 5.75 Å². The van der Waals surface area contributed by atoms with Crippen LogP contribution in [0.2, 0.25) is 0 Å². The third-order valence-electron chi connectivity index (χ3n) is 3.76. The average Bonchev–Trinajstić information content (AvgIpc) is 2.37. The van der Waals surface area contributed by atoms with Crippen molar-refractivity contribution in [3.8, 4) is 5.75 Å². The molecule has 1 aromatic rings. The van der Waals surface area contributed by atoms with Gasteiger partial charge < -0.3 is 4.74 Å². The van der Waals surface area contributed by atoms with Gasteiger partial charge in [-0.2, -0.15) is 0 Å². The lowest BCUT2D eigenvalue weighted by atomic mass is 10.0. The van der Waals surface area contributed by atoms with Crippen LogP contribution in [0.4, 0.5) is 0 Å². The molecule has 1 unspecified atom stereocenters. The van der Waals surface area contributed by atoms with Crippen LogP contribution in [0.15, 0.2) is 12.1 Å². The van der Waals surface area contributed by atoms with E-state index in [1.54, 1.807) is 0 Å². The fourth-order valence-corrected chi connectivity index (χ4v) is 2.90. The minimum Gasteiger partial charge on any atom is -0.492 e. The van der Waals surface area contributed by atoms with Gasteiger partial charge in [-0.15, -0.1) is 12.4 Å². The van der Waals surface area contributed by atoms with Crippen molar-refractivity contribution in [2.24, 2.45) is 0 Å². The van der Waals surface area contributed by atoms with Crippen LogP contribution >= 0.6 is 12.4 Å². The summed E-state index contributed by atoms with van der Waals surface area (Å²) in [4.78, 5) is 6.97. The highest BCUT2D eigenvalue weighted by Gasteiger charge is 2.22. The van der Waals surface area contributed by atoms with Gasteiger partial charge in [0.25, 0.3) is 0 Å². The van der Waals surface area contributed by atoms with Gasteiger partial charge in [0.15, 0.2) is 0 Å². The Morgan fingerprint density at radius 2 is 1.95 bits per heavy atom. The third kappa shape index (κ3) is 4.95. The number of rotatable bonds is 5. The molecule has 4 heteroatoms. The highest BCUT2D eigenvalue weighted by Crippen LogP contribution is 2.20. The molecule has 3 nitrogen and oxygen atoms in total. The summed E-state index contributed by atoms with van der Waals surface area (Å²) in [6.07, 6.45) is 5.17. The summed E-state index contributed by atoms with van der Waals surface area (Å²) in [5.41, 5.74) is 2.06. The summed E-state index contributed by atoms with van der Waals surface area (Å²) >= 11 is 0. The number of aromatic nitrogens is 1. The van der Waals surface area contributed by atoms with Crippen molar-refractivity contribution < 1.29 is 4.74 Å². The molecule has 1 aromatic heterocycles. The normalized spacial score (nSPS) is 19.4. The molecular weight excluding hydrogens is 272 g/mol. The van der Waals surface area contributed by atoms with E-state index in [0.717, 1.165) is 23.7 Å². The van der Waals surface area contributed by atoms with Crippen molar-refractivity contribution in [1.29, 1.82) is 0 Å². The third-order valence-corrected chi connectivity index (χ3v) is 3.76. The van der Waals surface area contributed by atoms with E-state index in [2.05, 4.69) is 16.8 Å². The van der Waals surface area contributed by atoms with Crippen LogP contribution in [-0.2, 0) is 0 Å². The summed E-state index contributed by atoms with van der Waals surface area (Å²) in [5, 5.41) is 0. The van der Waals surface area contributed by atoms with Crippen LogP contribution < -0.4 is 4.74 Å². The molecule has 1 aliphatic rings. The number of likely N-dealkylation sites (tertiary alicyclic amines) is 1. The topological polar surface area (TPSA) is 25.4 Å². The summed E-state index contributed by atoms with van der Waals surface area (Å²) in [6, 6.07) is 4.64. The first kappa shape index (κ1) is 17.3. The van der Waals surface area contributed by atoms with E-state index in [1.165, 1.54) is 38.8 Å². The predicted octanol–water partition coefficient (Wildman–Crippen LogP) is 3.76. The summed E-state index contributed by atoms with van der Waals surface area (Å²) < 4.78 is 6.00. The smallest absolute Gasteiger partial charge is 0.122 e. The van der Waals surface area contributed by atoms with Gasteiger partial charge in [-0.05, 0) is 46.2 Å².